The van der Waals surface area contributed by atoms with E-state index in [9.17, 15) is 5.11 Å². The number of phenols is 1. The Hall–Kier alpha value is -2.85. The molecule has 26 heavy (non-hydrogen) atoms. The Morgan fingerprint density at radius 3 is 2.50 bits per heavy atom. The standard InChI is InChI=1S/C22H23N3O/c26-22-11-4-2-7-19(22)16-23-25-14-12-24(13-15-25)17-20-9-5-8-18-6-1-3-10-21(18)20/h1-11,16,26H,12-15,17H2/p+1/b23-16+. The fourth-order valence-electron chi connectivity index (χ4n) is 3.56. The minimum Gasteiger partial charge on any atom is -0.507 e. The van der Waals surface area contributed by atoms with Gasteiger partial charge in [-0.3, -0.25) is 5.01 Å². The maximum atomic E-state index is 9.82. The first-order valence-electron chi connectivity index (χ1n) is 9.17. The van der Waals surface area contributed by atoms with E-state index in [-0.39, 0.29) is 5.75 Å². The predicted octanol–water partition coefficient (Wildman–Crippen LogP) is 2.28. The van der Waals surface area contributed by atoms with E-state index < -0.39 is 0 Å². The normalized spacial score (nSPS) is 15.8. The summed E-state index contributed by atoms with van der Waals surface area (Å²) in [6.45, 7) is 5.06. The molecule has 0 amide bonds. The van der Waals surface area contributed by atoms with Crippen molar-refractivity contribution in [2.45, 2.75) is 6.54 Å². The Morgan fingerprint density at radius 1 is 0.923 bits per heavy atom. The summed E-state index contributed by atoms with van der Waals surface area (Å²) < 4.78 is 0. The largest absolute Gasteiger partial charge is 0.507 e. The van der Waals surface area contributed by atoms with E-state index in [0.717, 1.165) is 38.3 Å². The van der Waals surface area contributed by atoms with Gasteiger partial charge in [0.15, 0.2) is 0 Å². The topological polar surface area (TPSA) is 40.3 Å². The molecule has 0 unspecified atom stereocenters. The van der Waals surface area contributed by atoms with E-state index in [1.54, 1.807) is 17.2 Å². The van der Waals surface area contributed by atoms with E-state index in [1.165, 1.54) is 16.3 Å². The maximum absolute atomic E-state index is 9.82. The van der Waals surface area contributed by atoms with Gasteiger partial charge in [0.1, 0.15) is 12.3 Å². The highest BCUT2D eigenvalue weighted by atomic mass is 16.3. The molecule has 0 atom stereocenters. The molecular weight excluding hydrogens is 322 g/mol. The van der Waals surface area contributed by atoms with Crippen molar-refractivity contribution in [2.24, 2.45) is 5.10 Å². The van der Waals surface area contributed by atoms with E-state index in [1.807, 2.05) is 18.2 Å². The van der Waals surface area contributed by atoms with Crippen LogP contribution >= 0.6 is 0 Å². The summed E-state index contributed by atoms with van der Waals surface area (Å²) in [5.74, 6) is 0.275. The Morgan fingerprint density at radius 2 is 1.65 bits per heavy atom. The van der Waals surface area contributed by atoms with Crippen LogP contribution in [0.5, 0.6) is 5.75 Å². The number of phenolic OH excluding ortho intramolecular Hbond substituents is 1. The quantitative estimate of drug-likeness (QED) is 0.712. The van der Waals surface area contributed by atoms with Crippen molar-refractivity contribution in [1.29, 1.82) is 0 Å². The van der Waals surface area contributed by atoms with Crippen LogP contribution in [-0.4, -0.2) is 42.5 Å². The third kappa shape index (κ3) is 3.70. The summed E-state index contributed by atoms with van der Waals surface area (Å²) >= 11 is 0. The van der Waals surface area contributed by atoms with Crippen LogP contribution in [0.25, 0.3) is 10.8 Å². The van der Waals surface area contributed by atoms with Crippen LogP contribution in [0.4, 0.5) is 0 Å². The molecule has 3 aromatic carbocycles. The van der Waals surface area contributed by atoms with Gasteiger partial charge in [-0.1, -0.05) is 54.6 Å². The van der Waals surface area contributed by atoms with E-state index in [4.69, 9.17) is 0 Å². The van der Waals surface area contributed by atoms with Gasteiger partial charge in [0.2, 0.25) is 0 Å². The molecule has 0 bridgehead atoms. The van der Waals surface area contributed by atoms with Crippen LogP contribution in [-0.2, 0) is 6.54 Å². The zero-order valence-electron chi connectivity index (χ0n) is 14.8. The molecule has 4 nitrogen and oxygen atoms in total. The predicted molar refractivity (Wildman–Crippen MR) is 106 cm³/mol. The number of hydrogen-bond acceptors (Lipinski definition) is 3. The lowest BCUT2D eigenvalue weighted by Gasteiger charge is -2.30. The van der Waals surface area contributed by atoms with E-state index in [2.05, 4.69) is 52.6 Å². The number of rotatable bonds is 4. The molecule has 1 fully saturated rings. The Kier molecular flexibility index (Phi) is 4.84. The molecule has 3 aromatic rings. The van der Waals surface area contributed by atoms with Crippen LogP contribution < -0.4 is 4.90 Å². The second-order valence-corrected chi connectivity index (χ2v) is 6.82. The second-order valence-electron chi connectivity index (χ2n) is 6.82. The molecule has 0 radical (unpaired) electrons. The Labute approximate surface area is 154 Å². The van der Waals surface area contributed by atoms with Crippen molar-refractivity contribution in [3.05, 3.63) is 77.9 Å². The molecule has 0 aliphatic carbocycles. The summed E-state index contributed by atoms with van der Waals surface area (Å²) in [6.07, 6.45) is 1.75. The van der Waals surface area contributed by atoms with E-state index in [0.29, 0.717) is 0 Å². The van der Waals surface area contributed by atoms with Crippen LogP contribution in [0.15, 0.2) is 71.8 Å². The molecule has 2 N–H and O–H groups in total. The van der Waals surface area contributed by atoms with Crippen LogP contribution in [0.2, 0.25) is 0 Å². The van der Waals surface area contributed by atoms with Gasteiger partial charge in [-0.25, -0.2) is 0 Å². The van der Waals surface area contributed by atoms with Crippen molar-refractivity contribution < 1.29 is 10.0 Å². The minimum absolute atomic E-state index is 0.275. The lowest BCUT2D eigenvalue weighted by atomic mass is 10.0. The number of fused-ring (bicyclic) bond motifs is 1. The lowest BCUT2D eigenvalue weighted by Crippen LogP contribution is -3.13. The highest BCUT2D eigenvalue weighted by Gasteiger charge is 2.19. The van der Waals surface area contributed by atoms with Gasteiger partial charge in [-0.15, -0.1) is 0 Å². The number of quaternary nitrogens is 1. The Bertz CT molecular complexity index is 909. The summed E-state index contributed by atoms with van der Waals surface area (Å²) in [5.41, 5.74) is 2.18. The van der Waals surface area contributed by atoms with Gasteiger partial charge < -0.3 is 10.0 Å². The van der Waals surface area contributed by atoms with Gasteiger partial charge in [0.25, 0.3) is 0 Å². The Balaban J connectivity index is 1.37. The molecule has 132 valence electrons. The summed E-state index contributed by atoms with van der Waals surface area (Å²) in [7, 11) is 0. The highest BCUT2D eigenvalue weighted by Crippen LogP contribution is 2.17. The van der Waals surface area contributed by atoms with Gasteiger partial charge in [0, 0.05) is 11.1 Å². The number of aromatic hydroxyl groups is 1. The monoisotopic (exact) mass is 346 g/mol. The molecule has 0 spiro atoms. The molecule has 4 rings (SSSR count). The highest BCUT2D eigenvalue weighted by molar-refractivity contribution is 5.85. The van der Waals surface area contributed by atoms with E-state index >= 15 is 0 Å². The van der Waals surface area contributed by atoms with Crippen molar-refractivity contribution in [3.63, 3.8) is 0 Å². The molecular formula is C22H24N3O+. The molecule has 0 aromatic heterocycles. The lowest BCUT2D eigenvalue weighted by molar-refractivity contribution is -0.918. The molecule has 1 aliphatic heterocycles. The molecule has 1 saturated heterocycles. The number of hydrazone groups is 1. The average Bonchev–Trinajstić information content (AvgIpc) is 2.69. The first-order valence-corrected chi connectivity index (χ1v) is 9.17. The third-order valence-corrected chi connectivity index (χ3v) is 5.06. The zero-order valence-corrected chi connectivity index (χ0v) is 14.8. The first kappa shape index (κ1) is 16.6. The number of nitrogens with one attached hydrogen (secondary N) is 1. The average molecular weight is 346 g/mol. The second kappa shape index (κ2) is 7.58. The van der Waals surface area contributed by atoms with Crippen LogP contribution in [0, 0.1) is 0 Å². The fourth-order valence-corrected chi connectivity index (χ4v) is 3.56. The van der Waals surface area contributed by atoms with Crippen molar-refractivity contribution in [2.75, 3.05) is 26.2 Å². The van der Waals surface area contributed by atoms with Gasteiger partial charge in [-0.05, 0) is 22.9 Å². The number of hydrogen-bond donors (Lipinski definition) is 2. The van der Waals surface area contributed by atoms with Crippen LogP contribution in [0.1, 0.15) is 11.1 Å². The number of benzene rings is 3. The third-order valence-electron chi connectivity index (χ3n) is 5.06. The molecule has 1 heterocycles. The molecule has 4 heteroatoms. The van der Waals surface area contributed by atoms with Crippen molar-refractivity contribution in [1.82, 2.24) is 5.01 Å². The minimum atomic E-state index is 0.275. The van der Waals surface area contributed by atoms with Crippen LogP contribution in [0.3, 0.4) is 0 Å². The van der Waals surface area contributed by atoms with Gasteiger partial charge >= 0.3 is 0 Å². The summed E-state index contributed by atoms with van der Waals surface area (Å²) in [5, 5.41) is 19.1. The fraction of sp³-hybridized carbons (Fsp3) is 0.227. The number of para-hydroxylation sites is 1. The van der Waals surface area contributed by atoms with Crippen molar-refractivity contribution in [3.8, 4) is 5.75 Å². The maximum Gasteiger partial charge on any atom is 0.124 e. The zero-order chi connectivity index (χ0) is 17.8. The number of nitrogens with zero attached hydrogens (tertiary/aromatic N) is 2. The van der Waals surface area contributed by atoms with Gasteiger partial charge in [-0.2, -0.15) is 5.10 Å². The first-order chi connectivity index (χ1) is 12.8. The number of piperazine rings is 1. The molecule has 0 saturated carbocycles. The summed E-state index contributed by atoms with van der Waals surface area (Å²) in [4.78, 5) is 1.59. The molecule has 1 aliphatic rings. The van der Waals surface area contributed by atoms with Crippen molar-refractivity contribution >= 4 is 17.0 Å². The SMILES string of the molecule is Oc1ccccc1/C=N/N1CC[NH+](Cc2cccc3ccccc23)CC1. The smallest absolute Gasteiger partial charge is 0.124 e. The summed E-state index contributed by atoms with van der Waals surface area (Å²) in [6, 6.07) is 22.5. The van der Waals surface area contributed by atoms with Gasteiger partial charge in [0.05, 0.1) is 32.4 Å².